The molecule has 6 nitrogen and oxygen atoms in total. The molecule has 13 heavy (non-hydrogen) atoms. The van der Waals surface area contributed by atoms with E-state index in [1.165, 1.54) is 0 Å². The molecule has 0 atom stereocenters. The van der Waals surface area contributed by atoms with Crippen molar-refractivity contribution < 1.29 is 5.11 Å². The Hall–Kier alpha value is -1.87. The predicted molar refractivity (Wildman–Crippen MR) is 43.8 cm³/mol. The zero-order valence-electron chi connectivity index (χ0n) is 6.67. The summed E-state index contributed by atoms with van der Waals surface area (Å²) < 4.78 is 1.54. The minimum atomic E-state index is -0.715. The summed E-state index contributed by atoms with van der Waals surface area (Å²) in [5.41, 5.74) is -1.37. The minimum absolute atomic E-state index is 0.0287. The van der Waals surface area contributed by atoms with Crippen molar-refractivity contribution >= 4 is 0 Å². The average Bonchev–Trinajstić information content (AvgIpc) is 2.11. The van der Waals surface area contributed by atoms with Gasteiger partial charge in [0.2, 0.25) is 0 Å². The first-order valence-corrected chi connectivity index (χ1v) is 3.42. The first-order valence-electron chi connectivity index (χ1n) is 3.42. The van der Waals surface area contributed by atoms with Crippen molar-refractivity contribution in [1.82, 2.24) is 14.3 Å². The maximum absolute atomic E-state index is 11.2. The maximum Gasteiger partial charge on any atom is 0.350 e. The topological polar surface area (TPSA) is 77.1 Å². The van der Waals surface area contributed by atoms with Crippen molar-refractivity contribution in [3.05, 3.63) is 27.0 Å². The van der Waals surface area contributed by atoms with Gasteiger partial charge in [0.25, 0.3) is 5.56 Å². The molecular formula is C7H7N3O3. The molecule has 1 N–H and O–H groups in total. The van der Waals surface area contributed by atoms with Gasteiger partial charge in [-0.3, -0.25) is 4.79 Å². The van der Waals surface area contributed by atoms with Crippen molar-refractivity contribution in [3.8, 4) is 12.3 Å². The highest BCUT2D eigenvalue weighted by atomic mass is 16.3. The van der Waals surface area contributed by atoms with Crippen LogP contribution in [0.15, 0.2) is 15.8 Å². The molecule has 68 valence electrons. The van der Waals surface area contributed by atoms with E-state index in [1.54, 1.807) is 0 Å². The summed E-state index contributed by atoms with van der Waals surface area (Å²) in [4.78, 5) is 22.1. The zero-order valence-corrected chi connectivity index (χ0v) is 6.67. The Morgan fingerprint density at radius 1 is 1.62 bits per heavy atom. The van der Waals surface area contributed by atoms with Gasteiger partial charge in [-0.05, 0) is 0 Å². The van der Waals surface area contributed by atoms with Crippen LogP contribution in [-0.4, -0.2) is 19.5 Å². The molecule has 0 bridgehead atoms. The molecule has 0 amide bonds. The standard InChI is InChI=1S/C7H7N3O3/c1-2-3-10-7(13)9(5-11)6(12)4-8-10/h1,4,11H,3,5H2. The van der Waals surface area contributed by atoms with Gasteiger partial charge < -0.3 is 5.11 Å². The smallest absolute Gasteiger partial charge is 0.350 e. The Morgan fingerprint density at radius 2 is 2.31 bits per heavy atom. The highest BCUT2D eigenvalue weighted by Gasteiger charge is 2.02. The van der Waals surface area contributed by atoms with Crippen molar-refractivity contribution in [2.45, 2.75) is 13.3 Å². The Kier molecular flexibility index (Phi) is 2.62. The zero-order chi connectivity index (χ0) is 9.84. The molecule has 0 fully saturated rings. The lowest BCUT2D eigenvalue weighted by Crippen LogP contribution is -2.40. The van der Waals surface area contributed by atoms with E-state index in [0.29, 0.717) is 4.57 Å². The van der Waals surface area contributed by atoms with Gasteiger partial charge in [-0.15, -0.1) is 6.42 Å². The Balaban J connectivity index is 3.38. The molecule has 0 radical (unpaired) electrons. The Morgan fingerprint density at radius 3 is 2.85 bits per heavy atom. The molecule has 0 saturated heterocycles. The van der Waals surface area contributed by atoms with Crippen LogP contribution < -0.4 is 11.2 Å². The van der Waals surface area contributed by atoms with Gasteiger partial charge in [0.1, 0.15) is 19.5 Å². The minimum Gasteiger partial charge on any atom is -0.376 e. The van der Waals surface area contributed by atoms with Crippen LogP contribution in [0.1, 0.15) is 0 Å². The van der Waals surface area contributed by atoms with Crippen molar-refractivity contribution in [3.63, 3.8) is 0 Å². The molecule has 1 aromatic heterocycles. The fraction of sp³-hybridized carbons (Fsp3) is 0.286. The number of terminal acetylenes is 1. The van der Waals surface area contributed by atoms with Crippen LogP contribution in [0.4, 0.5) is 0 Å². The average molecular weight is 181 g/mol. The maximum atomic E-state index is 11.2. The van der Waals surface area contributed by atoms with Crippen LogP contribution in [0, 0.1) is 12.3 Å². The Bertz CT molecular complexity index is 451. The Labute approximate surface area is 73.1 Å². The van der Waals surface area contributed by atoms with E-state index < -0.39 is 18.0 Å². The van der Waals surface area contributed by atoms with Gasteiger partial charge in [-0.2, -0.15) is 5.10 Å². The summed E-state index contributed by atoms with van der Waals surface area (Å²) in [5, 5.41) is 12.2. The van der Waals surface area contributed by atoms with Gasteiger partial charge in [-0.25, -0.2) is 14.0 Å². The molecule has 1 aromatic rings. The lowest BCUT2D eigenvalue weighted by atomic mass is 10.6. The normalized spacial score (nSPS) is 9.54. The summed E-state index contributed by atoms with van der Waals surface area (Å²) in [6, 6.07) is 0. The van der Waals surface area contributed by atoms with E-state index in [-0.39, 0.29) is 6.54 Å². The first kappa shape index (κ1) is 9.22. The number of hydrogen-bond acceptors (Lipinski definition) is 4. The molecule has 0 unspecified atom stereocenters. The van der Waals surface area contributed by atoms with Crippen LogP contribution >= 0.6 is 0 Å². The number of aromatic nitrogens is 3. The monoisotopic (exact) mass is 181 g/mol. The van der Waals surface area contributed by atoms with E-state index in [4.69, 9.17) is 11.5 Å². The molecule has 1 rings (SSSR count). The number of aliphatic hydroxyl groups excluding tert-OH is 1. The third-order valence-corrected chi connectivity index (χ3v) is 1.41. The predicted octanol–water partition coefficient (Wildman–Crippen LogP) is -2.01. The summed E-state index contributed by atoms with van der Waals surface area (Å²) in [6.07, 6.45) is 5.88. The summed E-state index contributed by atoms with van der Waals surface area (Å²) in [7, 11) is 0. The van der Waals surface area contributed by atoms with Gasteiger partial charge in [0.05, 0.1) is 0 Å². The van der Waals surface area contributed by atoms with Crippen molar-refractivity contribution in [2.75, 3.05) is 0 Å². The van der Waals surface area contributed by atoms with E-state index in [2.05, 4.69) is 11.0 Å². The third kappa shape index (κ3) is 1.65. The van der Waals surface area contributed by atoms with Crippen LogP contribution in [-0.2, 0) is 13.3 Å². The van der Waals surface area contributed by atoms with E-state index in [0.717, 1.165) is 10.9 Å². The summed E-state index contributed by atoms with van der Waals surface area (Å²) in [5.74, 6) is 2.20. The summed E-state index contributed by atoms with van der Waals surface area (Å²) >= 11 is 0. The van der Waals surface area contributed by atoms with E-state index in [1.807, 2.05) is 0 Å². The van der Waals surface area contributed by atoms with E-state index in [9.17, 15) is 9.59 Å². The lowest BCUT2D eigenvalue weighted by Gasteiger charge is -2.02. The van der Waals surface area contributed by atoms with Crippen LogP contribution in [0.3, 0.4) is 0 Å². The van der Waals surface area contributed by atoms with Crippen molar-refractivity contribution in [1.29, 1.82) is 0 Å². The van der Waals surface area contributed by atoms with Crippen molar-refractivity contribution in [2.24, 2.45) is 0 Å². The SMILES string of the molecule is C#CCn1ncc(=O)n(CO)c1=O. The third-order valence-electron chi connectivity index (χ3n) is 1.41. The highest BCUT2D eigenvalue weighted by molar-refractivity contribution is 4.85. The molecule has 1 heterocycles. The van der Waals surface area contributed by atoms with Crippen LogP contribution in [0.5, 0.6) is 0 Å². The number of hydrogen-bond donors (Lipinski definition) is 1. The highest BCUT2D eigenvalue weighted by Crippen LogP contribution is 1.71. The molecule has 0 aliphatic heterocycles. The first-order chi connectivity index (χ1) is 6.20. The van der Waals surface area contributed by atoms with E-state index >= 15 is 0 Å². The number of aliphatic hydroxyl groups is 1. The molecule has 6 heteroatoms. The molecule has 0 aliphatic rings. The fourth-order valence-corrected chi connectivity index (χ4v) is 0.797. The largest absolute Gasteiger partial charge is 0.376 e. The number of rotatable bonds is 2. The molecule has 0 aromatic carbocycles. The molecule has 0 saturated carbocycles. The van der Waals surface area contributed by atoms with Gasteiger partial charge >= 0.3 is 5.69 Å². The molecule has 0 spiro atoms. The second-order valence-corrected chi connectivity index (χ2v) is 2.20. The van der Waals surface area contributed by atoms with Gasteiger partial charge in [0, 0.05) is 0 Å². The quantitative estimate of drug-likeness (QED) is 0.535. The second kappa shape index (κ2) is 3.69. The fourth-order valence-electron chi connectivity index (χ4n) is 0.797. The molecular weight excluding hydrogens is 174 g/mol. The second-order valence-electron chi connectivity index (χ2n) is 2.20. The van der Waals surface area contributed by atoms with Crippen LogP contribution in [0.25, 0.3) is 0 Å². The van der Waals surface area contributed by atoms with Crippen LogP contribution in [0.2, 0.25) is 0 Å². The molecule has 0 aliphatic carbocycles. The number of nitrogens with zero attached hydrogens (tertiary/aromatic N) is 3. The van der Waals surface area contributed by atoms with Gasteiger partial charge in [0.15, 0.2) is 0 Å². The van der Waals surface area contributed by atoms with Gasteiger partial charge in [-0.1, -0.05) is 5.92 Å². The lowest BCUT2D eigenvalue weighted by molar-refractivity contribution is 0.195. The summed E-state index contributed by atoms with van der Waals surface area (Å²) in [6.45, 7) is -0.704.